The Hall–Kier alpha value is -2.95. The molecule has 8 heteroatoms. The van der Waals surface area contributed by atoms with Crippen molar-refractivity contribution < 1.29 is 23.9 Å². The average molecular weight is 293 g/mol. The maximum atomic E-state index is 13.1. The van der Waals surface area contributed by atoms with E-state index >= 15 is 0 Å². The third-order valence-electron chi connectivity index (χ3n) is 2.39. The van der Waals surface area contributed by atoms with E-state index in [-0.39, 0.29) is 30.5 Å². The standard InChI is InChI=1S/C13H12FN3O4/c14-10-5-4-9(6-8(10)7-15)16-13(21)17-11(18)2-1-3-12(19)20/h4-6H,1-3H2,(H,19,20)(H2,16,17,18,21). The first-order chi connectivity index (χ1) is 9.92. The van der Waals surface area contributed by atoms with Crippen molar-refractivity contribution in [3.63, 3.8) is 0 Å². The van der Waals surface area contributed by atoms with Gasteiger partial charge in [0, 0.05) is 18.5 Å². The lowest BCUT2D eigenvalue weighted by atomic mass is 10.2. The van der Waals surface area contributed by atoms with E-state index in [2.05, 4.69) is 5.32 Å². The highest BCUT2D eigenvalue weighted by Gasteiger charge is 2.10. The van der Waals surface area contributed by atoms with Gasteiger partial charge >= 0.3 is 12.0 Å². The van der Waals surface area contributed by atoms with E-state index in [0.29, 0.717) is 0 Å². The number of rotatable bonds is 5. The summed E-state index contributed by atoms with van der Waals surface area (Å²) in [5.74, 6) is -2.37. The predicted molar refractivity (Wildman–Crippen MR) is 69.8 cm³/mol. The Morgan fingerprint density at radius 1 is 1.29 bits per heavy atom. The summed E-state index contributed by atoms with van der Waals surface area (Å²) in [6.45, 7) is 0. The number of anilines is 1. The van der Waals surface area contributed by atoms with Gasteiger partial charge in [0.1, 0.15) is 11.9 Å². The van der Waals surface area contributed by atoms with E-state index in [0.717, 1.165) is 12.1 Å². The van der Waals surface area contributed by atoms with Crippen LogP contribution in [0.25, 0.3) is 0 Å². The summed E-state index contributed by atoms with van der Waals surface area (Å²) in [5, 5.41) is 21.3. The number of carbonyl (C=O) groups excluding carboxylic acids is 2. The molecule has 0 heterocycles. The SMILES string of the molecule is N#Cc1cc(NC(=O)NC(=O)CCCC(=O)O)ccc1F. The Bertz CT molecular complexity index is 610. The highest BCUT2D eigenvalue weighted by atomic mass is 19.1. The van der Waals surface area contributed by atoms with Crippen LogP contribution in [0.5, 0.6) is 0 Å². The Labute approximate surface area is 119 Å². The topological polar surface area (TPSA) is 119 Å². The van der Waals surface area contributed by atoms with Gasteiger partial charge in [-0.25, -0.2) is 9.18 Å². The molecule has 1 rings (SSSR count). The molecule has 7 nitrogen and oxygen atoms in total. The summed E-state index contributed by atoms with van der Waals surface area (Å²) in [4.78, 5) is 33.1. The molecule has 0 saturated heterocycles. The number of amides is 3. The van der Waals surface area contributed by atoms with Crippen LogP contribution in [0.3, 0.4) is 0 Å². The molecule has 0 spiro atoms. The molecular formula is C13H12FN3O4. The van der Waals surface area contributed by atoms with Crippen molar-refractivity contribution in [2.75, 3.05) is 5.32 Å². The normalized spacial score (nSPS) is 9.52. The quantitative estimate of drug-likeness (QED) is 0.761. The lowest BCUT2D eigenvalue weighted by molar-refractivity contribution is -0.137. The first kappa shape index (κ1) is 16.1. The Morgan fingerprint density at radius 2 is 2.00 bits per heavy atom. The second-order valence-electron chi connectivity index (χ2n) is 4.06. The number of aliphatic carboxylic acids is 1. The van der Waals surface area contributed by atoms with E-state index in [1.54, 1.807) is 6.07 Å². The molecule has 0 fully saturated rings. The molecule has 3 N–H and O–H groups in total. The van der Waals surface area contributed by atoms with Crippen molar-refractivity contribution in [1.82, 2.24) is 5.32 Å². The number of carboxylic acids is 1. The van der Waals surface area contributed by atoms with Crippen LogP contribution in [0.2, 0.25) is 0 Å². The Kier molecular flexibility index (Phi) is 5.82. The number of imide groups is 1. The van der Waals surface area contributed by atoms with Gasteiger partial charge in [0.25, 0.3) is 0 Å². The summed E-state index contributed by atoms with van der Waals surface area (Å²) in [5.41, 5.74) is -0.0793. The molecule has 0 aliphatic carbocycles. The Morgan fingerprint density at radius 3 is 2.62 bits per heavy atom. The molecular weight excluding hydrogens is 281 g/mol. The van der Waals surface area contributed by atoms with Crippen LogP contribution in [0.15, 0.2) is 18.2 Å². The summed E-state index contributed by atoms with van der Waals surface area (Å²) in [7, 11) is 0. The van der Waals surface area contributed by atoms with Gasteiger partial charge in [-0.3, -0.25) is 14.9 Å². The molecule has 0 aliphatic rings. The number of carboxylic acid groups (broad SMARTS) is 1. The van der Waals surface area contributed by atoms with Crippen LogP contribution in [-0.2, 0) is 9.59 Å². The fourth-order valence-corrected chi connectivity index (χ4v) is 1.44. The monoisotopic (exact) mass is 293 g/mol. The Balaban J connectivity index is 2.48. The van der Waals surface area contributed by atoms with E-state index in [1.165, 1.54) is 6.07 Å². The van der Waals surface area contributed by atoms with E-state index in [4.69, 9.17) is 10.4 Å². The van der Waals surface area contributed by atoms with Gasteiger partial charge in [-0.15, -0.1) is 0 Å². The lowest BCUT2D eigenvalue weighted by Crippen LogP contribution is -2.34. The largest absolute Gasteiger partial charge is 0.481 e. The summed E-state index contributed by atoms with van der Waals surface area (Å²) < 4.78 is 13.1. The van der Waals surface area contributed by atoms with Gasteiger partial charge in [0.15, 0.2) is 0 Å². The second-order valence-corrected chi connectivity index (χ2v) is 4.06. The number of nitriles is 1. The summed E-state index contributed by atoms with van der Waals surface area (Å²) in [6.07, 6.45) is -0.158. The van der Waals surface area contributed by atoms with Gasteiger partial charge in [-0.05, 0) is 24.6 Å². The third-order valence-corrected chi connectivity index (χ3v) is 2.39. The van der Waals surface area contributed by atoms with Crippen molar-refractivity contribution in [3.05, 3.63) is 29.6 Å². The molecule has 110 valence electrons. The molecule has 0 aliphatic heterocycles. The van der Waals surface area contributed by atoms with Gasteiger partial charge in [-0.1, -0.05) is 0 Å². The number of benzene rings is 1. The van der Waals surface area contributed by atoms with Crippen LogP contribution in [0, 0.1) is 17.1 Å². The minimum absolute atomic E-state index is 0.105. The fourth-order valence-electron chi connectivity index (χ4n) is 1.44. The maximum Gasteiger partial charge on any atom is 0.325 e. The molecule has 0 atom stereocenters. The lowest BCUT2D eigenvalue weighted by Gasteiger charge is -2.07. The highest BCUT2D eigenvalue weighted by molar-refractivity contribution is 6.01. The molecule has 1 aromatic rings. The zero-order chi connectivity index (χ0) is 15.8. The molecule has 0 saturated carbocycles. The summed E-state index contributed by atoms with van der Waals surface area (Å²) >= 11 is 0. The van der Waals surface area contributed by atoms with Crippen LogP contribution < -0.4 is 10.6 Å². The van der Waals surface area contributed by atoms with Gasteiger partial charge in [0.2, 0.25) is 5.91 Å². The predicted octanol–water partition coefficient (Wildman–Crippen LogP) is 1.60. The van der Waals surface area contributed by atoms with Crippen LogP contribution in [-0.4, -0.2) is 23.0 Å². The molecule has 0 unspecified atom stereocenters. The van der Waals surface area contributed by atoms with Crippen molar-refractivity contribution in [3.8, 4) is 6.07 Å². The molecule has 0 bridgehead atoms. The zero-order valence-corrected chi connectivity index (χ0v) is 10.9. The number of nitrogens with one attached hydrogen (secondary N) is 2. The van der Waals surface area contributed by atoms with Crippen molar-refractivity contribution >= 4 is 23.6 Å². The first-order valence-electron chi connectivity index (χ1n) is 5.94. The molecule has 0 radical (unpaired) electrons. The van der Waals surface area contributed by atoms with E-state index < -0.39 is 23.7 Å². The van der Waals surface area contributed by atoms with Gasteiger partial charge < -0.3 is 10.4 Å². The van der Waals surface area contributed by atoms with E-state index in [9.17, 15) is 18.8 Å². The fraction of sp³-hybridized carbons (Fsp3) is 0.231. The second kappa shape index (κ2) is 7.59. The van der Waals surface area contributed by atoms with Gasteiger partial charge in [0.05, 0.1) is 5.56 Å². The number of hydrogen-bond donors (Lipinski definition) is 3. The van der Waals surface area contributed by atoms with Crippen LogP contribution in [0.1, 0.15) is 24.8 Å². The molecule has 3 amide bonds. The van der Waals surface area contributed by atoms with Crippen LogP contribution in [0.4, 0.5) is 14.9 Å². The first-order valence-corrected chi connectivity index (χ1v) is 5.94. The maximum absolute atomic E-state index is 13.1. The molecule has 0 aromatic heterocycles. The molecule has 21 heavy (non-hydrogen) atoms. The van der Waals surface area contributed by atoms with Crippen molar-refractivity contribution in [1.29, 1.82) is 5.26 Å². The minimum atomic E-state index is -1.03. The van der Waals surface area contributed by atoms with Crippen LogP contribution >= 0.6 is 0 Å². The smallest absolute Gasteiger partial charge is 0.325 e. The number of hydrogen-bond acceptors (Lipinski definition) is 4. The zero-order valence-electron chi connectivity index (χ0n) is 10.9. The van der Waals surface area contributed by atoms with E-state index in [1.807, 2.05) is 5.32 Å². The molecule has 1 aromatic carbocycles. The minimum Gasteiger partial charge on any atom is -0.481 e. The van der Waals surface area contributed by atoms with Gasteiger partial charge in [-0.2, -0.15) is 5.26 Å². The number of halogens is 1. The van der Waals surface area contributed by atoms with Crippen molar-refractivity contribution in [2.24, 2.45) is 0 Å². The number of carbonyl (C=O) groups is 3. The average Bonchev–Trinajstić information content (AvgIpc) is 2.40. The number of nitrogens with zero attached hydrogens (tertiary/aromatic N) is 1. The third kappa shape index (κ3) is 5.69. The summed E-state index contributed by atoms with van der Waals surface area (Å²) in [6, 6.07) is 4.16. The van der Waals surface area contributed by atoms with Crippen molar-refractivity contribution in [2.45, 2.75) is 19.3 Å². The highest BCUT2D eigenvalue weighted by Crippen LogP contribution is 2.13. The number of urea groups is 1.